The van der Waals surface area contributed by atoms with Crippen LogP contribution < -0.4 is 0 Å². The van der Waals surface area contributed by atoms with Gasteiger partial charge in [-0.15, -0.1) is 0 Å². The standard InChI is InChI=1S/C30H27NO3S/c1-21-17-19-24(20-18-21)35(33,34)30(29(32)23-13-7-4-8-14-23)27-25-15-9-10-16-26(25)31(2)28(27)22-11-5-3-6-12-22/h3-20,29-30,32H,1-2H3. The van der Waals surface area contributed by atoms with Crippen molar-refractivity contribution in [2.45, 2.75) is 23.2 Å². The first-order valence-corrected chi connectivity index (χ1v) is 13.1. The quantitative estimate of drug-likeness (QED) is 0.305. The summed E-state index contributed by atoms with van der Waals surface area (Å²) in [6, 6.07) is 33.4. The summed E-state index contributed by atoms with van der Waals surface area (Å²) in [5.41, 5.74) is 4.71. The first-order chi connectivity index (χ1) is 16.9. The van der Waals surface area contributed by atoms with Gasteiger partial charge in [0.25, 0.3) is 0 Å². The number of aromatic nitrogens is 1. The maximum Gasteiger partial charge on any atom is 0.188 e. The van der Waals surface area contributed by atoms with E-state index >= 15 is 0 Å². The molecule has 0 bridgehead atoms. The molecule has 5 heteroatoms. The van der Waals surface area contributed by atoms with Crippen LogP contribution in [-0.4, -0.2) is 18.1 Å². The molecule has 0 aliphatic carbocycles. The van der Waals surface area contributed by atoms with Gasteiger partial charge in [-0.1, -0.05) is 96.6 Å². The van der Waals surface area contributed by atoms with Gasteiger partial charge in [0, 0.05) is 23.5 Å². The summed E-state index contributed by atoms with van der Waals surface area (Å²) in [7, 11) is -2.05. The van der Waals surface area contributed by atoms with Crippen molar-refractivity contribution in [3.05, 3.63) is 126 Å². The minimum atomic E-state index is -3.99. The Bertz CT molecular complexity index is 1570. The molecular formula is C30H27NO3S. The smallest absolute Gasteiger partial charge is 0.188 e. The molecule has 2 unspecified atom stereocenters. The fourth-order valence-electron chi connectivity index (χ4n) is 4.84. The molecule has 1 heterocycles. The third-order valence-corrected chi connectivity index (χ3v) is 8.68. The summed E-state index contributed by atoms with van der Waals surface area (Å²) >= 11 is 0. The third kappa shape index (κ3) is 4.07. The minimum Gasteiger partial charge on any atom is -0.387 e. The van der Waals surface area contributed by atoms with Crippen molar-refractivity contribution in [3.63, 3.8) is 0 Å². The second-order valence-corrected chi connectivity index (χ2v) is 10.9. The Labute approximate surface area is 206 Å². The van der Waals surface area contributed by atoms with Crippen LogP contribution in [0, 0.1) is 6.92 Å². The molecule has 0 amide bonds. The number of nitrogens with zero attached hydrogens (tertiary/aromatic N) is 1. The van der Waals surface area contributed by atoms with Gasteiger partial charge in [-0.2, -0.15) is 0 Å². The molecule has 0 saturated carbocycles. The van der Waals surface area contributed by atoms with Crippen LogP contribution in [0.2, 0.25) is 0 Å². The van der Waals surface area contributed by atoms with E-state index < -0.39 is 21.2 Å². The summed E-state index contributed by atoms with van der Waals surface area (Å²) in [6.07, 6.45) is -1.27. The highest BCUT2D eigenvalue weighted by atomic mass is 32.2. The summed E-state index contributed by atoms with van der Waals surface area (Å²) < 4.78 is 30.7. The predicted octanol–water partition coefficient (Wildman–Crippen LogP) is 6.40. The number of aryl methyl sites for hydroxylation is 2. The number of rotatable bonds is 6. The lowest BCUT2D eigenvalue weighted by Gasteiger charge is -2.25. The molecule has 0 radical (unpaired) electrons. The Morgan fingerprint density at radius 2 is 1.31 bits per heavy atom. The van der Waals surface area contributed by atoms with Crippen molar-refractivity contribution in [1.82, 2.24) is 4.57 Å². The van der Waals surface area contributed by atoms with Gasteiger partial charge >= 0.3 is 0 Å². The minimum absolute atomic E-state index is 0.190. The van der Waals surface area contributed by atoms with Gasteiger partial charge in [0.1, 0.15) is 11.4 Å². The van der Waals surface area contributed by atoms with E-state index in [4.69, 9.17) is 0 Å². The molecule has 4 aromatic carbocycles. The number of aliphatic hydroxyl groups excluding tert-OH is 1. The highest BCUT2D eigenvalue weighted by Crippen LogP contribution is 2.47. The number of hydrogen-bond acceptors (Lipinski definition) is 3. The fourth-order valence-corrected chi connectivity index (χ4v) is 6.69. The van der Waals surface area contributed by atoms with Crippen LogP contribution in [0.1, 0.15) is 28.0 Å². The van der Waals surface area contributed by atoms with Crippen LogP contribution in [0.5, 0.6) is 0 Å². The number of benzene rings is 4. The topological polar surface area (TPSA) is 59.3 Å². The Balaban J connectivity index is 1.86. The Kier molecular flexibility index (Phi) is 6.05. The van der Waals surface area contributed by atoms with Crippen LogP contribution in [0.25, 0.3) is 22.2 Å². The van der Waals surface area contributed by atoms with Gasteiger partial charge in [-0.05, 0) is 36.2 Å². The van der Waals surface area contributed by atoms with Crippen molar-refractivity contribution in [2.75, 3.05) is 0 Å². The second-order valence-electron chi connectivity index (χ2n) is 8.84. The molecule has 5 aromatic rings. The SMILES string of the molecule is Cc1ccc(S(=O)(=O)C(c2c(-c3ccccc3)n(C)c3ccccc23)C(O)c2ccccc2)cc1. The lowest BCUT2D eigenvalue weighted by Crippen LogP contribution is -2.22. The van der Waals surface area contributed by atoms with Crippen molar-refractivity contribution in [1.29, 1.82) is 0 Å². The van der Waals surface area contributed by atoms with Gasteiger partial charge in [0.2, 0.25) is 0 Å². The van der Waals surface area contributed by atoms with Gasteiger partial charge < -0.3 is 9.67 Å². The van der Waals surface area contributed by atoms with Crippen LogP contribution in [-0.2, 0) is 16.9 Å². The number of fused-ring (bicyclic) bond motifs is 1. The summed E-state index contributed by atoms with van der Waals surface area (Å²) in [6.45, 7) is 1.92. The van der Waals surface area contributed by atoms with E-state index in [9.17, 15) is 13.5 Å². The average Bonchev–Trinajstić information content (AvgIpc) is 3.17. The number of hydrogen-bond donors (Lipinski definition) is 1. The largest absolute Gasteiger partial charge is 0.387 e. The van der Waals surface area contributed by atoms with Gasteiger partial charge in [-0.3, -0.25) is 0 Å². The number of aliphatic hydroxyl groups is 1. The molecule has 5 rings (SSSR count). The fraction of sp³-hybridized carbons (Fsp3) is 0.133. The summed E-state index contributed by atoms with van der Waals surface area (Å²) in [5, 5.41) is 11.3. The van der Waals surface area contributed by atoms with E-state index in [1.165, 1.54) is 0 Å². The molecule has 0 spiro atoms. The molecule has 1 N–H and O–H groups in total. The number of sulfone groups is 1. The first kappa shape index (κ1) is 23.1. The summed E-state index contributed by atoms with van der Waals surface area (Å²) in [5.74, 6) is 0. The second kappa shape index (κ2) is 9.17. The van der Waals surface area contributed by atoms with E-state index in [0.29, 0.717) is 11.1 Å². The van der Waals surface area contributed by atoms with E-state index in [0.717, 1.165) is 27.7 Å². The average molecular weight is 482 g/mol. The maximum atomic E-state index is 14.3. The van der Waals surface area contributed by atoms with Crippen molar-refractivity contribution in [3.8, 4) is 11.3 Å². The van der Waals surface area contributed by atoms with E-state index in [-0.39, 0.29) is 4.90 Å². The molecular weight excluding hydrogens is 454 g/mol. The normalized spacial score (nSPS) is 13.6. The number of para-hydroxylation sites is 1. The first-order valence-electron chi connectivity index (χ1n) is 11.6. The Morgan fingerprint density at radius 3 is 1.97 bits per heavy atom. The molecule has 0 aliphatic rings. The molecule has 0 fully saturated rings. The molecule has 0 saturated heterocycles. The van der Waals surface area contributed by atoms with Gasteiger partial charge in [0.15, 0.2) is 9.84 Å². The monoisotopic (exact) mass is 481 g/mol. The molecule has 4 nitrogen and oxygen atoms in total. The predicted molar refractivity (Wildman–Crippen MR) is 141 cm³/mol. The lowest BCUT2D eigenvalue weighted by molar-refractivity contribution is 0.172. The molecule has 176 valence electrons. The van der Waals surface area contributed by atoms with Crippen molar-refractivity contribution in [2.24, 2.45) is 7.05 Å². The van der Waals surface area contributed by atoms with Crippen LogP contribution in [0.3, 0.4) is 0 Å². The third-order valence-electron chi connectivity index (χ3n) is 6.59. The highest BCUT2D eigenvalue weighted by molar-refractivity contribution is 7.91. The molecule has 35 heavy (non-hydrogen) atoms. The zero-order valence-corrected chi connectivity index (χ0v) is 20.5. The molecule has 2 atom stereocenters. The van der Waals surface area contributed by atoms with E-state index in [1.807, 2.05) is 91.3 Å². The van der Waals surface area contributed by atoms with Gasteiger partial charge in [-0.25, -0.2) is 8.42 Å². The van der Waals surface area contributed by atoms with Crippen LogP contribution in [0.4, 0.5) is 0 Å². The highest BCUT2D eigenvalue weighted by Gasteiger charge is 2.40. The van der Waals surface area contributed by atoms with Crippen molar-refractivity contribution < 1.29 is 13.5 Å². The zero-order valence-electron chi connectivity index (χ0n) is 19.7. The van der Waals surface area contributed by atoms with Crippen LogP contribution in [0.15, 0.2) is 114 Å². The van der Waals surface area contributed by atoms with Crippen LogP contribution >= 0.6 is 0 Å². The molecule has 0 aliphatic heterocycles. The molecule has 1 aromatic heterocycles. The van der Waals surface area contributed by atoms with E-state index in [2.05, 4.69) is 0 Å². The Morgan fingerprint density at radius 1 is 0.743 bits per heavy atom. The Hall–Kier alpha value is -3.67. The lowest BCUT2D eigenvalue weighted by atomic mass is 9.96. The van der Waals surface area contributed by atoms with E-state index in [1.54, 1.807) is 36.4 Å². The summed E-state index contributed by atoms with van der Waals surface area (Å²) in [4.78, 5) is 0.190. The van der Waals surface area contributed by atoms with Gasteiger partial charge in [0.05, 0.1) is 10.6 Å². The maximum absolute atomic E-state index is 14.3. The zero-order chi connectivity index (χ0) is 24.6. The van der Waals surface area contributed by atoms with Crippen molar-refractivity contribution >= 4 is 20.7 Å².